The summed E-state index contributed by atoms with van der Waals surface area (Å²) in [5, 5.41) is 0.643. The van der Waals surface area contributed by atoms with Gasteiger partial charge in [0.2, 0.25) is 0 Å². The quantitative estimate of drug-likeness (QED) is 0.342. The molecule has 0 aliphatic carbocycles. The van der Waals surface area contributed by atoms with Crippen molar-refractivity contribution in [1.29, 1.82) is 0 Å². The van der Waals surface area contributed by atoms with Crippen molar-refractivity contribution >= 4 is 34.2 Å². The smallest absolute Gasteiger partial charge is 0.253 e. The number of benzene rings is 2. The van der Waals surface area contributed by atoms with E-state index in [9.17, 15) is 9.00 Å². The maximum atomic E-state index is 13.5. The molecule has 1 amide bonds. The monoisotopic (exact) mass is 532 g/mol. The van der Waals surface area contributed by atoms with Gasteiger partial charge in [-0.3, -0.25) is 14.1 Å². The molecular weight excluding hydrogens is 504 g/mol. The van der Waals surface area contributed by atoms with Crippen molar-refractivity contribution in [3.8, 4) is 0 Å². The Balaban J connectivity index is 1.50. The van der Waals surface area contributed by atoms with Crippen LogP contribution in [-0.4, -0.2) is 51.1 Å². The Bertz CT molecular complexity index is 1290. The molecule has 1 aliphatic rings. The topological polar surface area (TPSA) is 56.8 Å². The first-order valence-electron chi connectivity index (χ1n) is 11.9. The zero-order chi connectivity index (χ0) is 26.2. The number of halogens is 1. The standard InChI is InChI=1S/C29H29ClN4O2S/c1-3-6-26(4-2)32-17-19-33(20-18-32)29(35)24-10-14-27(15-11-24)34(22-23-8-12-25(30)13-9-23)37(36)28-7-5-16-31-21-28/h3-16,21H,1-2,17-20,22H2/b26-6+. The summed E-state index contributed by atoms with van der Waals surface area (Å²) in [6.07, 6.45) is 8.73. The Labute approximate surface area is 225 Å². The molecule has 0 radical (unpaired) electrons. The van der Waals surface area contributed by atoms with E-state index in [0.29, 0.717) is 35.1 Å². The van der Waals surface area contributed by atoms with Gasteiger partial charge in [-0.25, -0.2) is 4.21 Å². The van der Waals surface area contributed by atoms with Gasteiger partial charge in [0, 0.05) is 54.9 Å². The second-order valence-electron chi connectivity index (χ2n) is 8.46. The van der Waals surface area contributed by atoms with E-state index in [1.54, 1.807) is 47.0 Å². The summed E-state index contributed by atoms with van der Waals surface area (Å²) in [5.41, 5.74) is 3.31. The summed E-state index contributed by atoms with van der Waals surface area (Å²) in [6.45, 7) is 10.7. The average molecular weight is 533 g/mol. The van der Waals surface area contributed by atoms with Crippen LogP contribution in [0.1, 0.15) is 15.9 Å². The van der Waals surface area contributed by atoms with Crippen LogP contribution in [0.15, 0.2) is 115 Å². The molecular formula is C29H29ClN4O2S. The van der Waals surface area contributed by atoms with Crippen LogP contribution in [0.5, 0.6) is 0 Å². The lowest BCUT2D eigenvalue weighted by Crippen LogP contribution is -2.48. The van der Waals surface area contributed by atoms with Crippen molar-refractivity contribution in [1.82, 2.24) is 14.8 Å². The Hall–Kier alpha value is -3.68. The number of amides is 1. The molecule has 1 atom stereocenters. The van der Waals surface area contributed by atoms with Crippen molar-refractivity contribution in [3.05, 3.63) is 126 Å². The summed E-state index contributed by atoms with van der Waals surface area (Å²) >= 11 is 6.05. The molecule has 1 fully saturated rings. The zero-order valence-electron chi connectivity index (χ0n) is 20.5. The lowest BCUT2D eigenvalue weighted by molar-refractivity contribution is 0.0672. The molecule has 1 aliphatic heterocycles. The molecule has 37 heavy (non-hydrogen) atoms. The lowest BCUT2D eigenvalue weighted by atomic mass is 10.1. The van der Waals surface area contributed by atoms with Gasteiger partial charge in [-0.2, -0.15) is 0 Å². The molecule has 0 spiro atoms. The van der Waals surface area contributed by atoms with Crippen LogP contribution in [0.25, 0.3) is 0 Å². The highest BCUT2D eigenvalue weighted by molar-refractivity contribution is 7.86. The molecule has 0 saturated carbocycles. The number of rotatable bonds is 9. The van der Waals surface area contributed by atoms with Crippen LogP contribution in [0.2, 0.25) is 5.02 Å². The SMILES string of the molecule is C=C/C=C(\C=C)N1CCN(C(=O)c2ccc(N(Cc3ccc(Cl)cc3)S(=O)c3cccnc3)cc2)CC1. The van der Waals surface area contributed by atoms with E-state index in [1.807, 2.05) is 53.5 Å². The van der Waals surface area contributed by atoms with Gasteiger partial charge >= 0.3 is 0 Å². The van der Waals surface area contributed by atoms with E-state index < -0.39 is 11.0 Å². The second kappa shape index (κ2) is 12.5. The van der Waals surface area contributed by atoms with E-state index >= 15 is 0 Å². The van der Waals surface area contributed by atoms with Crippen molar-refractivity contribution in [3.63, 3.8) is 0 Å². The predicted octanol–water partition coefficient (Wildman–Crippen LogP) is 5.48. The van der Waals surface area contributed by atoms with Crippen molar-refractivity contribution < 1.29 is 9.00 Å². The van der Waals surface area contributed by atoms with Crippen LogP contribution >= 0.6 is 11.6 Å². The minimum Gasteiger partial charge on any atom is -0.368 e. The molecule has 3 aromatic rings. The highest BCUT2D eigenvalue weighted by Crippen LogP contribution is 2.25. The third-order valence-electron chi connectivity index (χ3n) is 6.11. The van der Waals surface area contributed by atoms with Crippen molar-refractivity contribution in [2.24, 2.45) is 0 Å². The van der Waals surface area contributed by atoms with Crippen LogP contribution in [0, 0.1) is 0 Å². The predicted molar refractivity (Wildman–Crippen MR) is 151 cm³/mol. The molecule has 0 N–H and O–H groups in total. The fourth-order valence-electron chi connectivity index (χ4n) is 4.12. The van der Waals surface area contributed by atoms with Gasteiger partial charge < -0.3 is 9.80 Å². The molecule has 6 nitrogen and oxygen atoms in total. The number of anilines is 1. The number of carbonyl (C=O) groups is 1. The Morgan fingerprint density at radius 2 is 1.68 bits per heavy atom. The number of pyridine rings is 1. The number of piperazine rings is 1. The largest absolute Gasteiger partial charge is 0.368 e. The number of carbonyl (C=O) groups excluding carboxylic acids is 1. The van der Waals surface area contributed by atoms with Crippen LogP contribution in [0.4, 0.5) is 5.69 Å². The normalized spacial score (nSPS) is 14.7. The van der Waals surface area contributed by atoms with Gasteiger partial charge in [-0.1, -0.05) is 43.0 Å². The van der Waals surface area contributed by atoms with Gasteiger partial charge in [-0.15, -0.1) is 0 Å². The van der Waals surface area contributed by atoms with E-state index in [-0.39, 0.29) is 5.91 Å². The third-order valence-corrected chi connectivity index (χ3v) is 7.74. The average Bonchev–Trinajstić information content (AvgIpc) is 2.95. The van der Waals surface area contributed by atoms with E-state index in [4.69, 9.17) is 11.6 Å². The third kappa shape index (κ3) is 6.56. The molecule has 2 heterocycles. The first-order chi connectivity index (χ1) is 18.0. The highest BCUT2D eigenvalue weighted by atomic mass is 35.5. The molecule has 1 saturated heterocycles. The van der Waals surface area contributed by atoms with Crippen LogP contribution in [0.3, 0.4) is 0 Å². The Morgan fingerprint density at radius 1 is 1.00 bits per heavy atom. The van der Waals surface area contributed by atoms with Gasteiger partial charge in [0.25, 0.3) is 5.91 Å². The minimum absolute atomic E-state index is 0.0170. The number of allylic oxidation sites excluding steroid dienone is 3. The summed E-state index contributed by atoms with van der Waals surface area (Å²) in [6, 6.07) is 18.3. The zero-order valence-corrected chi connectivity index (χ0v) is 22.1. The number of nitrogens with zero attached hydrogens (tertiary/aromatic N) is 4. The Kier molecular flexibility index (Phi) is 8.93. The fourth-order valence-corrected chi connectivity index (χ4v) is 5.43. The van der Waals surface area contributed by atoms with Gasteiger partial charge in [0.05, 0.1) is 17.1 Å². The number of hydrogen-bond donors (Lipinski definition) is 0. The Morgan fingerprint density at radius 3 is 2.27 bits per heavy atom. The summed E-state index contributed by atoms with van der Waals surface area (Å²) in [4.78, 5) is 22.0. The molecule has 4 rings (SSSR count). The van der Waals surface area contributed by atoms with E-state index in [2.05, 4.69) is 23.0 Å². The summed E-state index contributed by atoms with van der Waals surface area (Å²) in [7, 11) is -1.49. The molecule has 2 aromatic carbocycles. The second-order valence-corrected chi connectivity index (χ2v) is 10.3. The summed E-state index contributed by atoms with van der Waals surface area (Å²) < 4.78 is 15.3. The minimum atomic E-state index is -1.49. The van der Waals surface area contributed by atoms with E-state index in [1.165, 1.54) is 0 Å². The maximum Gasteiger partial charge on any atom is 0.253 e. The number of hydrogen-bond acceptors (Lipinski definition) is 4. The molecule has 0 bridgehead atoms. The van der Waals surface area contributed by atoms with Gasteiger partial charge in [0.1, 0.15) is 0 Å². The molecule has 190 valence electrons. The first-order valence-corrected chi connectivity index (χ1v) is 13.4. The van der Waals surface area contributed by atoms with Crippen LogP contribution < -0.4 is 4.31 Å². The fraction of sp³-hybridized carbons (Fsp3) is 0.172. The van der Waals surface area contributed by atoms with Gasteiger partial charge in [-0.05, 0) is 66.2 Å². The summed E-state index contributed by atoms with van der Waals surface area (Å²) in [5.74, 6) is -0.0170. The van der Waals surface area contributed by atoms with E-state index in [0.717, 1.165) is 30.0 Å². The first kappa shape index (κ1) is 26.4. The van der Waals surface area contributed by atoms with Crippen molar-refractivity contribution in [2.75, 3.05) is 30.5 Å². The highest BCUT2D eigenvalue weighted by Gasteiger charge is 2.23. The van der Waals surface area contributed by atoms with Crippen molar-refractivity contribution in [2.45, 2.75) is 11.4 Å². The maximum absolute atomic E-state index is 13.5. The number of aromatic nitrogens is 1. The van der Waals surface area contributed by atoms with Crippen LogP contribution in [-0.2, 0) is 17.5 Å². The lowest BCUT2D eigenvalue weighted by Gasteiger charge is -2.36. The molecule has 1 unspecified atom stereocenters. The molecule has 8 heteroatoms. The molecule has 1 aromatic heterocycles. The van der Waals surface area contributed by atoms with Gasteiger partial charge in [0.15, 0.2) is 11.0 Å².